The van der Waals surface area contributed by atoms with Gasteiger partial charge in [-0.2, -0.15) is 13.2 Å². The monoisotopic (exact) mass is 240 g/mol. The van der Waals surface area contributed by atoms with Gasteiger partial charge in [-0.05, 0) is 18.8 Å². The topological polar surface area (TPSA) is 57.5 Å². The Morgan fingerprint density at radius 1 is 1.19 bits per heavy atom. The molecule has 1 rings (SSSR count). The molecular weight excluding hydrogens is 225 g/mol. The quantitative estimate of drug-likeness (QED) is 0.795. The zero-order valence-corrected chi connectivity index (χ0v) is 8.70. The fourth-order valence-corrected chi connectivity index (χ4v) is 2.23. The van der Waals surface area contributed by atoms with E-state index in [-0.39, 0.29) is 0 Å². The van der Waals surface area contributed by atoms with Crippen LogP contribution in [0.15, 0.2) is 0 Å². The van der Waals surface area contributed by atoms with E-state index in [4.69, 9.17) is 5.11 Å². The van der Waals surface area contributed by atoms with Gasteiger partial charge in [-0.3, -0.25) is 4.79 Å². The Bertz CT molecular complexity index is 246. The van der Waals surface area contributed by atoms with Crippen molar-refractivity contribution >= 4 is 5.97 Å². The van der Waals surface area contributed by atoms with Crippen molar-refractivity contribution in [3.8, 4) is 0 Å². The molecule has 0 aromatic rings. The van der Waals surface area contributed by atoms with E-state index in [0.29, 0.717) is 12.8 Å². The van der Waals surface area contributed by atoms with Gasteiger partial charge in [0.25, 0.3) is 0 Å². The Balaban J connectivity index is 2.74. The summed E-state index contributed by atoms with van der Waals surface area (Å²) in [5.74, 6) is -5.20. The van der Waals surface area contributed by atoms with Gasteiger partial charge in [0.05, 0.1) is 6.10 Å². The highest BCUT2D eigenvalue weighted by Crippen LogP contribution is 2.36. The predicted octanol–water partition coefficient (Wildman–Crippen LogP) is 2.19. The fourth-order valence-electron chi connectivity index (χ4n) is 2.23. The van der Waals surface area contributed by atoms with Crippen molar-refractivity contribution in [1.82, 2.24) is 0 Å². The Labute approximate surface area is 91.3 Å². The molecule has 1 fully saturated rings. The lowest BCUT2D eigenvalue weighted by Gasteiger charge is -2.31. The fraction of sp³-hybridized carbons (Fsp3) is 0.900. The second-order valence-electron chi connectivity index (χ2n) is 4.25. The summed E-state index contributed by atoms with van der Waals surface area (Å²) in [6, 6.07) is 0. The molecule has 2 N–H and O–H groups in total. The van der Waals surface area contributed by atoms with Crippen LogP contribution in [0.3, 0.4) is 0 Å². The molecule has 3 nitrogen and oxygen atoms in total. The van der Waals surface area contributed by atoms with Crippen LogP contribution < -0.4 is 0 Å². The smallest absolute Gasteiger partial charge is 0.404 e. The van der Waals surface area contributed by atoms with E-state index < -0.39 is 30.1 Å². The third-order valence-electron chi connectivity index (χ3n) is 3.09. The van der Waals surface area contributed by atoms with Crippen LogP contribution in [0.1, 0.15) is 32.1 Å². The second kappa shape index (κ2) is 5.03. The molecule has 0 bridgehead atoms. The van der Waals surface area contributed by atoms with Crippen LogP contribution in [0.2, 0.25) is 0 Å². The lowest BCUT2D eigenvalue weighted by molar-refractivity contribution is -0.217. The Morgan fingerprint density at radius 2 is 1.69 bits per heavy atom. The van der Waals surface area contributed by atoms with Gasteiger partial charge in [-0.1, -0.05) is 19.3 Å². The molecule has 1 aliphatic carbocycles. The van der Waals surface area contributed by atoms with Gasteiger partial charge in [0.15, 0.2) is 5.92 Å². The molecule has 0 saturated heterocycles. The normalized spacial score (nSPS) is 22.8. The Morgan fingerprint density at radius 3 is 2.06 bits per heavy atom. The van der Waals surface area contributed by atoms with E-state index in [1.165, 1.54) is 0 Å². The molecule has 0 unspecified atom stereocenters. The van der Waals surface area contributed by atoms with Crippen molar-refractivity contribution in [2.45, 2.75) is 44.4 Å². The number of aliphatic hydroxyl groups is 1. The molecule has 6 heteroatoms. The zero-order chi connectivity index (χ0) is 12.3. The summed E-state index contributed by atoms with van der Waals surface area (Å²) in [4.78, 5) is 10.6. The zero-order valence-electron chi connectivity index (χ0n) is 8.70. The number of alkyl halides is 3. The molecule has 0 amide bonds. The van der Waals surface area contributed by atoms with Crippen LogP contribution in [0.25, 0.3) is 0 Å². The van der Waals surface area contributed by atoms with E-state index in [1.54, 1.807) is 0 Å². The molecule has 1 saturated carbocycles. The van der Waals surface area contributed by atoms with Crippen LogP contribution in [0, 0.1) is 11.8 Å². The molecule has 0 aromatic heterocycles. The first-order valence-electron chi connectivity index (χ1n) is 5.31. The standard InChI is InChI=1S/C10H15F3O3/c11-10(12,13)7(9(15)16)8(14)6-4-2-1-3-5-6/h6-8,14H,1-5H2,(H,15,16)/t7-,8-/m0/s1. The Kier molecular flexibility index (Phi) is 4.18. The molecule has 0 radical (unpaired) electrons. The minimum atomic E-state index is -4.89. The second-order valence-corrected chi connectivity index (χ2v) is 4.25. The van der Waals surface area contributed by atoms with Crippen LogP contribution >= 0.6 is 0 Å². The molecule has 16 heavy (non-hydrogen) atoms. The lowest BCUT2D eigenvalue weighted by atomic mass is 9.80. The molecule has 0 aliphatic heterocycles. The molecule has 0 spiro atoms. The minimum absolute atomic E-state index is 0.473. The van der Waals surface area contributed by atoms with E-state index in [0.717, 1.165) is 19.3 Å². The number of carbonyl (C=O) groups is 1. The molecule has 2 atom stereocenters. The van der Waals surface area contributed by atoms with Gasteiger partial charge in [0.2, 0.25) is 0 Å². The number of aliphatic carboxylic acids is 1. The molecular formula is C10H15F3O3. The third kappa shape index (κ3) is 3.10. The average Bonchev–Trinajstić information content (AvgIpc) is 2.16. The lowest BCUT2D eigenvalue weighted by Crippen LogP contribution is -2.44. The number of rotatable bonds is 3. The summed E-state index contributed by atoms with van der Waals surface area (Å²) >= 11 is 0. The SMILES string of the molecule is O=C(O)[C@H]([C@@H](O)C1CCCCC1)C(F)(F)F. The summed E-state index contributed by atoms with van der Waals surface area (Å²) in [7, 11) is 0. The van der Waals surface area contributed by atoms with Crippen molar-refractivity contribution in [3.63, 3.8) is 0 Å². The summed E-state index contributed by atoms with van der Waals surface area (Å²) in [6.45, 7) is 0. The first-order valence-corrected chi connectivity index (χ1v) is 5.31. The van der Waals surface area contributed by atoms with E-state index >= 15 is 0 Å². The largest absolute Gasteiger partial charge is 0.481 e. The van der Waals surface area contributed by atoms with Gasteiger partial charge in [-0.25, -0.2) is 0 Å². The molecule has 1 aliphatic rings. The van der Waals surface area contributed by atoms with Gasteiger partial charge < -0.3 is 10.2 Å². The maximum atomic E-state index is 12.4. The van der Waals surface area contributed by atoms with Crippen LogP contribution in [0.4, 0.5) is 13.2 Å². The van der Waals surface area contributed by atoms with Crippen LogP contribution in [-0.2, 0) is 4.79 Å². The van der Waals surface area contributed by atoms with Crippen molar-refractivity contribution in [2.75, 3.05) is 0 Å². The van der Waals surface area contributed by atoms with Crippen molar-refractivity contribution in [2.24, 2.45) is 11.8 Å². The van der Waals surface area contributed by atoms with Crippen LogP contribution in [0.5, 0.6) is 0 Å². The molecule has 0 heterocycles. The highest BCUT2D eigenvalue weighted by atomic mass is 19.4. The number of carboxylic acids is 1. The van der Waals surface area contributed by atoms with E-state index in [2.05, 4.69) is 0 Å². The van der Waals surface area contributed by atoms with E-state index in [1.807, 2.05) is 0 Å². The summed E-state index contributed by atoms with van der Waals surface area (Å²) in [6.07, 6.45) is -3.31. The minimum Gasteiger partial charge on any atom is -0.481 e. The number of hydrogen-bond acceptors (Lipinski definition) is 2. The number of halogens is 3. The maximum Gasteiger partial charge on any atom is 0.404 e. The number of aliphatic hydroxyl groups excluding tert-OH is 1. The van der Waals surface area contributed by atoms with Gasteiger partial charge in [-0.15, -0.1) is 0 Å². The first kappa shape index (κ1) is 13.3. The highest BCUT2D eigenvalue weighted by Gasteiger charge is 2.51. The van der Waals surface area contributed by atoms with Gasteiger partial charge in [0.1, 0.15) is 0 Å². The Hall–Kier alpha value is -0.780. The maximum absolute atomic E-state index is 12.4. The van der Waals surface area contributed by atoms with Gasteiger partial charge >= 0.3 is 12.1 Å². The summed E-state index contributed by atoms with van der Waals surface area (Å²) in [5, 5.41) is 18.1. The third-order valence-corrected chi connectivity index (χ3v) is 3.09. The summed E-state index contributed by atoms with van der Waals surface area (Å²) in [5.41, 5.74) is 0. The molecule has 0 aromatic carbocycles. The van der Waals surface area contributed by atoms with Crippen molar-refractivity contribution in [3.05, 3.63) is 0 Å². The first-order chi connectivity index (χ1) is 7.34. The number of carboxylic acid groups (broad SMARTS) is 1. The molecule has 94 valence electrons. The van der Waals surface area contributed by atoms with E-state index in [9.17, 15) is 23.1 Å². The van der Waals surface area contributed by atoms with Crippen LogP contribution in [-0.4, -0.2) is 28.5 Å². The predicted molar refractivity (Wildman–Crippen MR) is 49.8 cm³/mol. The summed E-state index contributed by atoms with van der Waals surface area (Å²) < 4.78 is 37.3. The average molecular weight is 240 g/mol. The van der Waals surface area contributed by atoms with Crippen molar-refractivity contribution in [1.29, 1.82) is 0 Å². The van der Waals surface area contributed by atoms with Crippen molar-refractivity contribution < 1.29 is 28.2 Å². The highest BCUT2D eigenvalue weighted by molar-refractivity contribution is 5.71. The number of hydrogen-bond donors (Lipinski definition) is 2. The van der Waals surface area contributed by atoms with Gasteiger partial charge in [0, 0.05) is 0 Å².